The number of nitriles is 3. The van der Waals surface area contributed by atoms with Crippen molar-refractivity contribution in [1.29, 1.82) is 15.8 Å². The number of benzene rings is 10. The van der Waals surface area contributed by atoms with Crippen molar-refractivity contribution in [2.24, 2.45) is 0 Å². The molecule has 0 fully saturated rings. The average Bonchev–Trinajstić information content (AvgIpc) is 4.11. The lowest BCUT2D eigenvalue weighted by Gasteiger charge is -2.19. The largest absolute Gasteiger partial charge is 0.308 e. The number of hydrogen-bond acceptors (Lipinski definition) is 3. The highest BCUT2D eigenvalue weighted by Gasteiger charge is 2.25. The maximum Gasteiger partial charge on any atom is 0.104 e. The number of fused-ring (bicyclic) bond motifs is 6. The fourth-order valence-corrected chi connectivity index (χ4v) is 11.9. The number of nitrogens with zero attached hydrogens (tertiary/aromatic N) is 5. The molecule has 0 aliphatic carbocycles. The molecule has 0 saturated carbocycles. The summed E-state index contributed by atoms with van der Waals surface area (Å²) in [5.74, 6) is 0. The molecule has 0 saturated heterocycles. The normalized spacial score (nSPS) is 11.4. The Kier molecular flexibility index (Phi) is 11.4. The van der Waals surface area contributed by atoms with E-state index in [1.54, 1.807) is 6.07 Å². The Labute approximate surface area is 444 Å². The third-order valence-corrected chi connectivity index (χ3v) is 15.5. The monoisotopic (exact) mass is 975 g/mol. The molecule has 0 bridgehead atoms. The van der Waals surface area contributed by atoms with Crippen LogP contribution in [0.25, 0.3) is 111 Å². The summed E-state index contributed by atoms with van der Waals surface area (Å²) in [4.78, 5) is 0. The topological polar surface area (TPSA) is 81.2 Å². The minimum absolute atomic E-state index is 0.377. The molecule has 10 aromatic carbocycles. The standard InChI is InChI=1S/C71H53N5/c1-41-9-17-57(45(5)25-41)51-13-21-61-62-22-14-52(58-18-10-42(2)26-46(58)6)33-67(62)75(66(61)32-51)70-36-56(55-30-49(38-72)29-50(31-55)39-73)37-71(65(70)40-74)76-68-34-53(59-19-11-43(3)27-47(59)7)15-23-63(68)64-24-16-54(35-69(64)76)60-20-12-44(4)28-48(60)8/h9-37H,1-8H3. The van der Waals surface area contributed by atoms with Crippen molar-refractivity contribution >= 4 is 43.6 Å². The average molecular weight is 976 g/mol. The Balaban J connectivity index is 1.26. The van der Waals surface area contributed by atoms with Crippen LogP contribution in [0.5, 0.6) is 0 Å². The van der Waals surface area contributed by atoms with E-state index in [1.807, 2.05) is 12.1 Å². The van der Waals surface area contributed by atoms with Gasteiger partial charge in [-0.2, -0.15) is 15.8 Å². The first kappa shape index (κ1) is 47.3. The van der Waals surface area contributed by atoms with Crippen LogP contribution < -0.4 is 0 Å². The molecule has 0 radical (unpaired) electrons. The third-order valence-electron chi connectivity index (χ3n) is 15.5. The third kappa shape index (κ3) is 7.92. The molecule has 0 spiro atoms. The molecule has 2 heterocycles. The second-order valence-corrected chi connectivity index (χ2v) is 20.9. The molecule has 0 aliphatic rings. The van der Waals surface area contributed by atoms with E-state index >= 15 is 0 Å². The maximum absolute atomic E-state index is 12.1. The minimum Gasteiger partial charge on any atom is -0.308 e. The summed E-state index contributed by atoms with van der Waals surface area (Å²) in [7, 11) is 0. The second-order valence-electron chi connectivity index (χ2n) is 20.9. The quantitative estimate of drug-likeness (QED) is 0.160. The van der Waals surface area contributed by atoms with Crippen molar-refractivity contribution in [1.82, 2.24) is 9.13 Å². The molecule has 12 rings (SSSR count). The zero-order valence-corrected chi connectivity index (χ0v) is 44.0. The van der Waals surface area contributed by atoms with Crippen LogP contribution in [0.3, 0.4) is 0 Å². The zero-order chi connectivity index (χ0) is 52.7. The molecule has 362 valence electrons. The lowest BCUT2D eigenvalue weighted by molar-refractivity contribution is 1.12. The van der Waals surface area contributed by atoms with E-state index in [4.69, 9.17) is 0 Å². The smallest absolute Gasteiger partial charge is 0.104 e. The van der Waals surface area contributed by atoms with Gasteiger partial charge in [0.05, 0.1) is 56.7 Å². The Bertz CT molecular complexity index is 4100. The summed E-state index contributed by atoms with van der Waals surface area (Å²) >= 11 is 0. The molecular formula is C71H53N5. The Morgan fingerprint density at radius 1 is 0.276 bits per heavy atom. The summed E-state index contributed by atoms with van der Waals surface area (Å²) in [6.45, 7) is 17.1. The van der Waals surface area contributed by atoms with Crippen molar-refractivity contribution in [3.05, 3.63) is 237 Å². The van der Waals surface area contributed by atoms with Gasteiger partial charge < -0.3 is 9.13 Å². The fourth-order valence-electron chi connectivity index (χ4n) is 11.9. The highest BCUT2D eigenvalue weighted by molar-refractivity contribution is 6.13. The van der Waals surface area contributed by atoms with Gasteiger partial charge in [0.2, 0.25) is 0 Å². The predicted molar refractivity (Wildman–Crippen MR) is 314 cm³/mol. The van der Waals surface area contributed by atoms with Crippen LogP contribution in [-0.2, 0) is 0 Å². The lowest BCUT2D eigenvalue weighted by atomic mass is 9.96. The van der Waals surface area contributed by atoms with E-state index in [0.29, 0.717) is 33.6 Å². The van der Waals surface area contributed by atoms with Crippen molar-refractivity contribution < 1.29 is 0 Å². The Hall–Kier alpha value is -9.73. The van der Waals surface area contributed by atoms with Gasteiger partial charge in [-0.05, 0) is 188 Å². The van der Waals surface area contributed by atoms with E-state index < -0.39 is 0 Å². The van der Waals surface area contributed by atoms with Gasteiger partial charge >= 0.3 is 0 Å². The molecule has 76 heavy (non-hydrogen) atoms. The van der Waals surface area contributed by atoms with Gasteiger partial charge in [0.1, 0.15) is 11.6 Å². The summed E-state index contributed by atoms with van der Waals surface area (Å²) in [5.41, 5.74) is 26.2. The molecule has 5 nitrogen and oxygen atoms in total. The van der Waals surface area contributed by atoms with Crippen LogP contribution in [-0.4, -0.2) is 9.13 Å². The maximum atomic E-state index is 12.1. The summed E-state index contributed by atoms with van der Waals surface area (Å²) in [6, 6.07) is 70.1. The van der Waals surface area contributed by atoms with Crippen LogP contribution in [0.15, 0.2) is 176 Å². The highest BCUT2D eigenvalue weighted by Crippen LogP contribution is 2.44. The molecule has 0 atom stereocenters. The highest BCUT2D eigenvalue weighted by atomic mass is 15.0. The van der Waals surface area contributed by atoms with Crippen LogP contribution in [0.1, 0.15) is 61.2 Å². The molecule has 0 unspecified atom stereocenters. The van der Waals surface area contributed by atoms with Crippen LogP contribution in [0.4, 0.5) is 0 Å². The van der Waals surface area contributed by atoms with Crippen molar-refractivity contribution in [3.63, 3.8) is 0 Å². The number of aromatic nitrogens is 2. The zero-order valence-electron chi connectivity index (χ0n) is 44.0. The van der Waals surface area contributed by atoms with E-state index in [1.165, 1.54) is 44.5 Å². The molecule has 0 amide bonds. The Morgan fingerprint density at radius 3 is 0.829 bits per heavy atom. The predicted octanol–water partition coefficient (Wildman–Crippen LogP) is 18.3. The number of aryl methyl sites for hydroxylation is 8. The SMILES string of the molecule is Cc1ccc(-c2ccc3c4ccc(-c5ccc(C)cc5C)cc4n(-c4cc(-c5cc(C#N)cc(C#N)c5)cc(-n5c6cc(-c7ccc(C)cc7C)ccc6c6ccc(-c7ccc(C)cc7C)cc65)c4C#N)c3c2)c(C)c1. The second kappa shape index (κ2) is 18.3. The summed E-state index contributed by atoms with van der Waals surface area (Å²) < 4.78 is 4.57. The van der Waals surface area contributed by atoms with Gasteiger partial charge in [-0.15, -0.1) is 0 Å². The molecule has 12 aromatic rings. The molecule has 0 N–H and O–H groups in total. The van der Waals surface area contributed by atoms with Gasteiger partial charge in [-0.3, -0.25) is 0 Å². The van der Waals surface area contributed by atoms with E-state index in [0.717, 1.165) is 93.7 Å². The van der Waals surface area contributed by atoms with Crippen LogP contribution in [0, 0.1) is 89.4 Å². The first-order valence-corrected chi connectivity index (χ1v) is 25.8. The molecule has 0 aliphatic heterocycles. The van der Waals surface area contributed by atoms with Gasteiger partial charge in [0.15, 0.2) is 0 Å². The summed E-state index contributed by atoms with van der Waals surface area (Å²) in [6.07, 6.45) is 0. The van der Waals surface area contributed by atoms with E-state index in [2.05, 4.69) is 240 Å². The Morgan fingerprint density at radius 2 is 0.566 bits per heavy atom. The van der Waals surface area contributed by atoms with Gasteiger partial charge in [-0.25, -0.2) is 0 Å². The van der Waals surface area contributed by atoms with Crippen LogP contribution in [0.2, 0.25) is 0 Å². The van der Waals surface area contributed by atoms with Gasteiger partial charge in [0, 0.05) is 21.5 Å². The number of hydrogen-bond donors (Lipinski definition) is 0. The van der Waals surface area contributed by atoms with Crippen LogP contribution >= 0.6 is 0 Å². The molecule has 2 aromatic heterocycles. The van der Waals surface area contributed by atoms with Crippen molar-refractivity contribution in [2.75, 3.05) is 0 Å². The lowest BCUT2D eigenvalue weighted by Crippen LogP contribution is -2.06. The van der Waals surface area contributed by atoms with Gasteiger partial charge in [0.25, 0.3) is 0 Å². The first-order valence-electron chi connectivity index (χ1n) is 25.8. The van der Waals surface area contributed by atoms with Gasteiger partial charge in [-0.1, -0.05) is 144 Å². The van der Waals surface area contributed by atoms with E-state index in [-0.39, 0.29) is 0 Å². The first-order chi connectivity index (χ1) is 36.8. The summed E-state index contributed by atoms with van der Waals surface area (Å²) in [5, 5.41) is 37.1. The minimum atomic E-state index is 0.377. The number of rotatable bonds is 7. The van der Waals surface area contributed by atoms with Crippen molar-refractivity contribution in [3.8, 4) is 85.2 Å². The van der Waals surface area contributed by atoms with Crippen molar-refractivity contribution in [2.45, 2.75) is 55.4 Å². The van der Waals surface area contributed by atoms with E-state index in [9.17, 15) is 15.8 Å². The molecule has 5 heteroatoms. The fraction of sp³-hybridized carbons (Fsp3) is 0.113. The molecular weight excluding hydrogens is 923 g/mol.